The van der Waals surface area contributed by atoms with E-state index in [1.165, 1.54) is 7.11 Å². The number of urea groups is 1. The molecule has 1 saturated carbocycles. The molecule has 1 heterocycles. The van der Waals surface area contributed by atoms with E-state index in [0.29, 0.717) is 38.5 Å². The number of allylic oxidation sites excluding steroid dienone is 1. The number of hydrogen-bond donors (Lipinski definition) is 2. The predicted octanol–water partition coefficient (Wildman–Crippen LogP) is 4.75. The Morgan fingerprint density at radius 2 is 2.00 bits per heavy atom. The lowest BCUT2D eigenvalue weighted by atomic mass is 9.88. The van der Waals surface area contributed by atoms with Gasteiger partial charge in [-0.25, -0.2) is 9.59 Å². The van der Waals surface area contributed by atoms with Crippen LogP contribution in [0.4, 0.5) is 4.79 Å². The van der Waals surface area contributed by atoms with Crippen LogP contribution in [0.25, 0.3) is 0 Å². The van der Waals surface area contributed by atoms with Crippen molar-refractivity contribution in [2.75, 3.05) is 7.11 Å². The van der Waals surface area contributed by atoms with Gasteiger partial charge in [0.05, 0.1) is 23.7 Å². The van der Waals surface area contributed by atoms with E-state index >= 15 is 0 Å². The Labute approximate surface area is 174 Å². The third kappa shape index (κ3) is 4.39. The van der Waals surface area contributed by atoms with E-state index in [9.17, 15) is 9.59 Å². The number of ether oxygens (including phenoxy) is 2. The third-order valence-corrected chi connectivity index (χ3v) is 5.70. The quantitative estimate of drug-likeness (QED) is 0.680. The van der Waals surface area contributed by atoms with Gasteiger partial charge in [-0.2, -0.15) is 0 Å². The van der Waals surface area contributed by atoms with Gasteiger partial charge in [0, 0.05) is 16.3 Å². The maximum atomic E-state index is 13.1. The fourth-order valence-corrected chi connectivity index (χ4v) is 4.49. The SMILES string of the molecule is COc1c(Cl)cc(Cl)cc1[C@H]1NC(=O)NC(C)=C1C(=O)O[C@@H]1CCC[C@@H](C)C1. The summed E-state index contributed by atoms with van der Waals surface area (Å²) in [5.74, 6) is 0.406. The Hall–Kier alpha value is -1.92. The second-order valence-corrected chi connectivity index (χ2v) is 8.22. The summed E-state index contributed by atoms with van der Waals surface area (Å²) in [6, 6.07) is 1.97. The summed E-state index contributed by atoms with van der Waals surface area (Å²) in [7, 11) is 1.47. The molecular weight excluding hydrogens is 403 g/mol. The number of carbonyl (C=O) groups excluding carboxylic acids is 2. The number of carbonyl (C=O) groups is 2. The molecule has 0 saturated heterocycles. The van der Waals surface area contributed by atoms with Crippen LogP contribution in [0.1, 0.15) is 51.1 Å². The molecule has 1 aliphatic carbocycles. The summed E-state index contributed by atoms with van der Waals surface area (Å²) >= 11 is 12.4. The molecule has 0 bridgehead atoms. The standard InChI is InChI=1S/C20H24Cl2N2O4/c1-10-5-4-6-13(7-10)28-19(25)16-11(2)23-20(26)24-17(16)14-8-12(21)9-15(22)18(14)27-3/h8-10,13,17H,4-7H2,1-3H3,(H2,23,24,26)/t10-,13-,17-/m1/s1. The van der Waals surface area contributed by atoms with Crippen molar-refractivity contribution in [2.24, 2.45) is 5.92 Å². The minimum atomic E-state index is -0.784. The first-order valence-corrected chi connectivity index (χ1v) is 10.1. The fourth-order valence-electron chi connectivity index (χ4n) is 3.91. The van der Waals surface area contributed by atoms with Crippen molar-refractivity contribution in [3.8, 4) is 5.75 Å². The number of nitrogens with one attached hydrogen (secondary N) is 2. The zero-order valence-corrected chi connectivity index (χ0v) is 17.6. The minimum absolute atomic E-state index is 0.125. The molecule has 28 heavy (non-hydrogen) atoms. The van der Waals surface area contributed by atoms with Gasteiger partial charge in [-0.05, 0) is 44.2 Å². The molecule has 8 heteroatoms. The second-order valence-electron chi connectivity index (χ2n) is 7.38. The molecule has 6 nitrogen and oxygen atoms in total. The lowest BCUT2D eigenvalue weighted by Gasteiger charge is -2.32. The van der Waals surface area contributed by atoms with Gasteiger partial charge in [0.15, 0.2) is 0 Å². The summed E-state index contributed by atoms with van der Waals surface area (Å²) < 4.78 is 11.2. The van der Waals surface area contributed by atoms with Crippen molar-refractivity contribution in [1.29, 1.82) is 0 Å². The second kappa shape index (κ2) is 8.62. The van der Waals surface area contributed by atoms with Gasteiger partial charge in [-0.3, -0.25) is 0 Å². The molecule has 1 aromatic carbocycles. The maximum Gasteiger partial charge on any atom is 0.338 e. The van der Waals surface area contributed by atoms with E-state index in [4.69, 9.17) is 32.7 Å². The van der Waals surface area contributed by atoms with E-state index in [1.54, 1.807) is 19.1 Å². The minimum Gasteiger partial charge on any atom is -0.495 e. The highest BCUT2D eigenvalue weighted by Gasteiger charge is 2.36. The Bertz CT molecular complexity index is 825. The van der Waals surface area contributed by atoms with Gasteiger partial charge in [0.1, 0.15) is 11.9 Å². The molecule has 3 rings (SSSR count). The molecule has 0 aromatic heterocycles. The normalized spacial score (nSPS) is 25.0. The Kier molecular flexibility index (Phi) is 6.40. The summed E-state index contributed by atoms with van der Waals surface area (Å²) in [4.78, 5) is 25.2. The highest BCUT2D eigenvalue weighted by molar-refractivity contribution is 6.35. The van der Waals surface area contributed by atoms with Crippen molar-refractivity contribution < 1.29 is 19.1 Å². The van der Waals surface area contributed by atoms with Gasteiger partial charge in [-0.1, -0.05) is 36.5 Å². The fraction of sp³-hybridized carbons (Fsp3) is 0.500. The average molecular weight is 427 g/mol. The zero-order chi connectivity index (χ0) is 20.4. The van der Waals surface area contributed by atoms with Crippen LogP contribution in [0, 0.1) is 5.92 Å². The van der Waals surface area contributed by atoms with Crippen molar-refractivity contribution in [2.45, 2.75) is 51.7 Å². The molecule has 2 aliphatic rings. The van der Waals surface area contributed by atoms with Crippen LogP contribution in [0.5, 0.6) is 5.75 Å². The van der Waals surface area contributed by atoms with Crippen LogP contribution in [-0.4, -0.2) is 25.2 Å². The van der Waals surface area contributed by atoms with Crippen LogP contribution in [0.15, 0.2) is 23.4 Å². The zero-order valence-electron chi connectivity index (χ0n) is 16.1. The first kappa shape index (κ1) is 20.8. The van der Waals surface area contributed by atoms with E-state index in [1.807, 2.05) is 0 Å². The van der Waals surface area contributed by atoms with Crippen LogP contribution in [-0.2, 0) is 9.53 Å². The van der Waals surface area contributed by atoms with Crippen molar-refractivity contribution in [3.05, 3.63) is 39.0 Å². The lowest BCUT2D eigenvalue weighted by molar-refractivity contribution is -0.146. The van der Waals surface area contributed by atoms with E-state index in [0.717, 1.165) is 25.7 Å². The van der Waals surface area contributed by atoms with E-state index in [2.05, 4.69) is 17.6 Å². The van der Waals surface area contributed by atoms with Gasteiger partial charge < -0.3 is 20.1 Å². The molecule has 0 radical (unpaired) electrons. The Morgan fingerprint density at radius 1 is 1.25 bits per heavy atom. The van der Waals surface area contributed by atoms with Crippen molar-refractivity contribution in [3.63, 3.8) is 0 Å². The summed E-state index contributed by atoms with van der Waals surface area (Å²) in [5.41, 5.74) is 1.24. The molecule has 3 atom stereocenters. The predicted molar refractivity (Wildman–Crippen MR) is 108 cm³/mol. The van der Waals surface area contributed by atoms with E-state index < -0.39 is 18.0 Å². The molecule has 1 aliphatic heterocycles. The monoisotopic (exact) mass is 426 g/mol. The summed E-state index contributed by atoms with van der Waals surface area (Å²) in [5, 5.41) is 6.08. The number of halogens is 2. The highest BCUT2D eigenvalue weighted by atomic mass is 35.5. The average Bonchev–Trinajstić information content (AvgIpc) is 2.60. The van der Waals surface area contributed by atoms with Crippen molar-refractivity contribution >= 4 is 35.2 Å². The number of esters is 1. The first-order valence-electron chi connectivity index (χ1n) is 9.32. The van der Waals surface area contributed by atoms with Crippen LogP contribution >= 0.6 is 23.2 Å². The van der Waals surface area contributed by atoms with Crippen molar-refractivity contribution in [1.82, 2.24) is 10.6 Å². The topological polar surface area (TPSA) is 76.7 Å². The molecule has 1 aromatic rings. The number of rotatable bonds is 4. The van der Waals surface area contributed by atoms with Crippen LogP contribution in [0.2, 0.25) is 10.0 Å². The number of methoxy groups -OCH3 is 1. The summed E-state index contributed by atoms with van der Waals surface area (Å²) in [6.07, 6.45) is 3.75. The largest absolute Gasteiger partial charge is 0.495 e. The van der Waals surface area contributed by atoms with E-state index in [-0.39, 0.29) is 6.10 Å². The molecule has 0 spiro atoms. The smallest absolute Gasteiger partial charge is 0.338 e. The van der Waals surface area contributed by atoms with Gasteiger partial charge in [0.25, 0.3) is 0 Å². The maximum absolute atomic E-state index is 13.1. The molecular formula is C20H24Cl2N2O4. The Morgan fingerprint density at radius 3 is 2.68 bits per heavy atom. The van der Waals surface area contributed by atoms with Gasteiger partial charge in [0.2, 0.25) is 0 Å². The molecule has 2 amide bonds. The molecule has 152 valence electrons. The highest BCUT2D eigenvalue weighted by Crippen LogP contribution is 2.40. The molecule has 0 unspecified atom stereocenters. The number of benzene rings is 1. The van der Waals surface area contributed by atoms with Crippen LogP contribution in [0.3, 0.4) is 0 Å². The lowest BCUT2D eigenvalue weighted by Crippen LogP contribution is -2.45. The van der Waals surface area contributed by atoms with Gasteiger partial charge in [-0.15, -0.1) is 0 Å². The molecule has 1 fully saturated rings. The molecule has 2 N–H and O–H groups in total. The summed E-state index contributed by atoms with van der Waals surface area (Å²) in [6.45, 7) is 3.83. The van der Waals surface area contributed by atoms with Gasteiger partial charge >= 0.3 is 12.0 Å². The van der Waals surface area contributed by atoms with Crippen LogP contribution < -0.4 is 15.4 Å². The first-order chi connectivity index (χ1) is 13.3. The number of hydrogen-bond acceptors (Lipinski definition) is 4. The third-order valence-electron chi connectivity index (χ3n) is 5.20. The Balaban J connectivity index is 1.96. The number of amides is 2.